The molecule has 24 rings (SSSR count). The number of aromatic nitrogens is 8. The van der Waals surface area contributed by atoms with E-state index >= 15 is 0 Å². The van der Waals surface area contributed by atoms with Gasteiger partial charge in [-0.2, -0.15) is 0 Å². The summed E-state index contributed by atoms with van der Waals surface area (Å²) in [6.07, 6.45) is 26.7. The minimum absolute atomic E-state index is 0.0197. The molecular weight excluding hydrogens is 1880 g/mol. The van der Waals surface area contributed by atoms with Crippen LogP contribution < -0.4 is 89.6 Å². The predicted octanol–water partition coefficient (Wildman–Crippen LogP) is 16.6. The SMILES string of the molecule is COC(=O)C1(C(=O)Nc2ccc(Oc3ccnc4cc(OC)c(OC)cc34)cc2)CC1.COC(=O)C1(C(=O)O)CC1.COc1cc2nccc(Oc3ccc(N)cc3)c2cc1OC.COc1cc2nccc(Oc3ccc(NC(=O)C4(C(=O)NC56CC(c7cnccn7)(C5)C6)CC4)cc3)c2cc1OC.COc1cc2nccc(Oc3ccc(NC(=O)C4(C(=O)O)CC4)cc3)c2cc1OC.NC12CC(c3cnccn3)(C1)C2. The second-order valence-electron chi connectivity index (χ2n) is 36.9. The van der Waals surface area contributed by atoms with Gasteiger partial charge in [0.05, 0.1) is 105 Å². The van der Waals surface area contributed by atoms with Crippen LogP contribution in [0.3, 0.4) is 0 Å². The van der Waals surface area contributed by atoms with E-state index in [-0.39, 0.29) is 34.2 Å². The summed E-state index contributed by atoms with van der Waals surface area (Å²) < 4.78 is 76.0. The Morgan fingerprint density at radius 2 is 0.575 bits per heavy atom. The first-order valence-corrected chi connectivity index (χ1v) is 46.5. The second kappa shape index (κ2) is 41.3. The Morgan fingerprint density at radius 1 is 0.301 bits per heavy atom. The number of pyridine rings is 4. The number of rotatable bonds is 30. The molecule has 0 radical (unpaired) electrons. The van der Waals surface area contributed by atoms with Crippen LogP contribution >= 0.6 is 0 Å². The lowest BCUT2D eigenvalue weighted by Crippen LogP contribution is -2.77. The Kier molecular flexibility index (Phi) is 28.4. The van der Waals surface area contributed by atoms with Crippen LogP contribution in [0.4, 0.5) is 22.7 Å². The number of carbonyl (C=O) groups excluding carboxylic acids is 6. The summed E-state index contributed by atoms with van der Waals surface area (Å²) >= 11 is 0. The maximum absolute atomic E-state index is 13.2. The van der Waals surface area contributed by atoms with E-state index in [1.807, 2.05) is 54.9 Å². The van der Waals surface area contributed by atoms with Crippen LogP contribution in [0, 0.1) is 21.7 Å². The monoisotopic (exact) mass is 1980 g/mol. The van der Waals surface area contributed by atoms with Gasteiger partial charge in [-0.25, -0.2) is 0 Å². The highest BCUT2D eigenvalue weighted by Gasteiger charge is 2.72. The molecule has 10 aliphatic carbocycles. The highest BCUT2D eigenvalue weighted by atomic mass is 16.5. The number of ether oxygens (including phenoxy) is 14. The minimum atomic E-state index is -1.29. The quantitative estimate of drug-likeness (QED) is 0.0118. The second-order valence-corrected chi connectivity index (χ2v) is 36.9. The van der Waals surface area contributed by atoms with Crippen molar-refractivity contribution < 1.29 is 115 Å². The summed E-state index contributed by atoms with van der Waals surface area (Å²) in [5.41, 5.74) is 14.7. The van der Waals surface area contributed by atoms with Crippen molar-refractivity contribution in [2.75, 3.05) is 92.8 Å². The number of nitrogen functional groups attached to an aromatic ring is 1. The van der Waals surface area contributed by atoms with E-state index in [0.717, 1.165) is 77.0 Å². The number of carboxylic acids is 2. The Bertz CT molecular complexity index is 7260. The number of carbonyl (C=O) groups is 8. The van der Waals surface area contributed by atoms with Gasteiger partial charge in [-0.05, 0) is 235 Å². The van der Waals surface area contributed by atoms with Crippen molar-refractivity contribution in [3.05, 3.63) is 243 Å². The number of nitrogens with zero attached hydrogens (tertiary/aromatic N) is 8. The molecule has 8 aromatic carbocycles. The van der Waals surface area contributed by atoms with Crippen LogP contribution in [0.2, 0.25) is 0 Å². The zero-order valence-corrected chi connectivity index (χ0v) is 81.4. The molecule has 14 aromatic rings. The number of hydrogen-bond donors (Lipinski definition) is 8. The van der Waals surface area contributed by atoms with Gasteiger partial charge < -0.3 is 109 Å². The zero-order valence-electron chi connectivity index (χ0n) is 81.4. The molecule has 4 amide bonds. The lowest BCUT2D eigenvalue weighted by molar-refractivity contribution is -0.159. The van der Waals surface area contributed by atoms with Gasteiger partial charge in [0.15, 0.2) is 51.4 Å². The number of nitrogens with two attached hydrogens (primary N) is 2. The van der Waals surface area contributed by atoms with Crippen molar-refractivity contribution in [1.29, 1.82) is 0 Å². The molecule has 0 spiro atoms. The Labute approximate surface area is 836 Å². The summed E-state index contributed by atoms with van der Waals surface area (Å²) in [5.74, 6) is 5.04. The van der Waals surface area contributed by atoms with Crippen molar-refractivity contribution in [3.63, 3.8) is 0 Å². The van der Waals surface area contributed by atoms with Gasteiger partial charge >= 0.3 is 23.9 Å². The Hall–Kier alpha value is -17.3. The standard InChI is InChI=1S/C31H29N5O5.C23H22N2O6.C22H20N2O6.C17H16N2O3.C9H11N3.C6H8O4/c1-39-24-13-21-22(14-25(24)40-2)33-10-7-23(21)41-20-5-3-19(4-6-20)35-27(37)31(8-9-31)28(38)36-30-16-29(17-30,18-30)26-15-32-11-12-34-26;1-28-19-12-16-17(13-20(19)29-2)24-11-8-18(16)31-15-6-4-14(5-7-15)25-21(26)23(9-10-23)22(27)30-3;1-28-18-11-15-16(12-19(18)29-2)23-10-7-17(15)30-14-5-3-13(4-6-14)24-20(25)22(8-9-22)21(26)27;1-20-16-9-13-14(10-17(16)21-2)19-8-7-15(13)22-12-5-3-11(18)4-6-12;10-9-4-8(5-9,6-9)7-3-11-1-2-12-7;1-10-5(9)6(2-3-6)4(7)8/h3-7,10-15H,8-9,16-18H2,1-2H3,(H,35,37)(H,36,38);4-8,11-13H,9-10H2,1-3H3,(H,25,26);3-7,10-12H,8-9H2,1-2H3,(H,24,25)(H,26,27);3-10H,18H2,1-2H3;1-3H,4-6,10H2;2-3H2,1H3,(H,7,8). The summed E-state index contributed by atoms with van der Waals surface area (Å²) in [5, 5.41) is 32.4. The third kappa shape index (κ3) is 20.6. The van der Waals surface area contributed by atoms with Crippen molar-refractivity contribution >= 4 is 114 Å². The smallest absolute Gasteiger partial charge is 0.323 e. The number of esters is 2. The third-order valence-corrected chi connectivity index (χ3v) is 27.4. The molecule has 0 saturated heterocycles. The van der Waals surface area contributed by atoms with E-state index < -0.39 is 51.4 Å². The number of methoxy groups -OCH3 is 10. The number of fused-ring (bicyclic) bond motifs is 4. The molecule has 752 valence electrons. The Morgan fingerprint density at radius 3 is 0.836 bits per heavy atom. The van der Waals surface area contributed by atoms with Crippen molar-refractivity contribution in [2.24, 2.45) is 27.4 Å². The maximum atomic E-state index is 13.2. The first kappa shape index (κ1) is 100. The number of hydrogen-bond acceptors (Lipinski definition) is 32. The predicted molar refractivity (Wildman–Crippen MR) is 535 cm³/mol. The van der Waals surface area contributed by atoms with Gasteiger partial charge in [-0.3, -0.25) is 78.2 Å². The van der Waals surface area contributed by atoms with Crippen molar-refractivity contribution in [1.82, 2.24) is 45.2 Å². The minimum Gasteiger partial charge on any atom is -0.493 e. The summed E-state index contributed by atoms with van der Waals surface area (Å²) in [7, 11) is 15.1. The zero-order chi connectivity index (χ0) is 103. The van der Waals surface area contributed by atoms with Gasteiger partial charge in [0, 0.05) is 152 Å². The number of aliphatic carboxylic acids is 2. The molecule has 6 heterocycles. The van der Waals surface area contributed by atoms with Crippen LogP contribution in [0.5, 0.6) is 92.0 Å². The van der Waals surface area contributed by atoms with Crippen LogP contribution in [0.25, 0.3) is 43.6 Å². The molecule has 10 N–H and O–H groups in total. The van der Waals surface area contributed by atoms with E-state index in [9.17, 15) is 43.5 Å². The fourth-order valence-electron chi connectivity index (χ4n) is 18.6. The number of benzene rings is 8. The van der Waals surface area contributed by atoms with E-state index in [1.165, 1.54) is 14.2 Å². The fraction of sp³-hybridized carbons (Fsp3) is 0.296. The van der Waals surface area contributed by atoms with Gasteiger partial charge in [0.2, 0.25) is 23.6 Å². The third-order valence-electron chi connectivity index (χ3n) is 27.4. The first-order valence-electron chi connectivity index (χ1n) is 46.5. The molecule has 38 nitrogen and oxygen atoms in total. The van der Waals surface area contributed by atoms with Gasteiger partial charge in [0.1, 0.15) is 62.2 Å². The van der Waals surface area contributed by atoms with Gasteiger partial charge in [-0.15, -0.1) is 0 Å². The number of amides is 4. The molecule has 0 atom stereocenters. The van der Waals surface area contributed by atoms with E-state index in [4.69, 9.17) is 78.2 Å². The molecular formula is C108H106N14O24. The maximum Gasteiger partial charge on any atom is 0.323 e. The van der Waals surface area contributed by atoms with E-state index in [2.05, 4.69) is 65.9 Å². The molecule has 146 heavy (non-hydrogen) atoms. The average molecular weight is 1980 g/mol. The van der Waals surface area contributed by atoms with Crippen LogP contribution in [-0.2, 0) is 58.7 Å². The highest BCUT2D eigenvalue weighted by molar-refractivity contribution is 6.14. The van der Waals surface area contributed by atoms with Gasteiger partial charge in [-0.1, -0.05) is 0 Å². The molecule has 0 unspecified atom stereocenters. The average Bonchev–Trinajstić information content (AvgIpc) is 1.05. The number of carboxylic acid groups (broad SMARTS) is 2. The lowest BCUT2D eigenvalue weighted by Gasteiger charge is -2.70. The summed E-state index contributed by atoms with van der Waals surface area (Å²) in [4.78, 5) is 130. The largest absolute Gasteiger partial charge is 0.493 e. The number of nitrogens with one attached hydrogen (secondary N) is 4. The van der Waals surface area contributed by atoms with Crippen molar-refractivity contribution in [3.8, 4) is 92.0 Å². The number of anilines is 4. The van der Waals surface area contributed by atoms with Gasteiger partial charge in [0.25, 0.3) is 0 Å². The molecule has 10 saturated carbocycles. The van der Waals surface area contributed by atoms with E-state index in [1.54, 1.807) is 234 Å². The summed E-state index contributed by atoms with van der Waals surface area (Å²) in [6, 6.07) is 49.5. The van der Waals surface area contributed by atoms with Crippen LogP contribution in [0.15, 0.2) is 232 Å². The fourth-order valence-corrected chi connectivity index (χ4v) is 18.6. The molecule has 0 aliphatic heterocycles. The van der Waals surface area contributed by atoms with Crippen molar-refractivity contribution in [2.45, 2.75) is 112 Å². The summed E-state index contributed by atoms with van der Waals surface area (Å²) in [6.45, 7) is 0. The lowest BCUT2D eigenvalue weighted by atomic mass is 9.38. The molecule has 6 aromatic heterocycles. The topological polar surface area (TPSA) is 510 Å². The molecule has 38 heteroatoms. The van der Waals surface area contributed by atoms with E-state index in [0.29, 0.717) is 188 Å². The highest BCUT2D eigenvalue weighted by Crippen LogP contribution is 2.68. The Balaban J connectivity index is 0.000000126. The molecule has 10 aliphatic rings. The van der Waals surface area contributed by atoms with Crippen LogP contribution in [0.1, 0.15) is 101 Å². The molecule has 4 bridgehead atoms. The first-order chi connectivity index (χ1) is 70.4. The van der Waals surface area contributed by atoms with Crippen LogP contribution in [-0.4, -0.2) is 180 Å². The normalized spacial score (nSPS) is 18.8. The molecule has 10 fully saturated rings.